The van der Waals surface area contributed by atoms with E-state index in [1.807, 2.05) is 11.3 Å². The van der Waals surface area contributed by atoms with Crippen LogP contribution in [0.15, 0.2) is 176 Å². The molecule has 7 aromatic carbocycles. The molecule has 0 aliphatic heterocycles. The maximum absolute atomic E-state index is 2.48. The molecule has 8 aromatic rings. The number of benzene rings is 7. The van der Waals surface area contributed by atoms with Crippen molar-refractivity contribution in [2.75, 3.05) is 9.80 Å². The minimum atomic E-state index is 0.319. The summed E-state index contributed by atoms with van der Waals surface area (Å²) < 4.78 is 2.57. The molecule has 0 radical (unpaired) electrons. The molecule has 1 heterocycles. The molecule has 10 rings (SSSR count). The summed E-state index contributed by atoms with van der Waals surface area (Å²) in [5.41, 5.74) is 11.3. The van der Waals surface area contributed by atoms with Crippen molar-refractivity contribution < 1.29 is 0 Å². The highest BCUT2D eigenvalue weighted by atomic mass is 32.1. The third kappa shape index (κ3) is 6.38. The van der Waals surface area contributed by atoms with Crippen molar-refractivity contribution in [1.29, 1.82) is 0 Å². The molecule has 1 aromatic heterocycles. The van der Waals surface area contributed by atoms with E-state index in [-0.39, 0.29) is 0 Å². The van der Waals surface area contributed by atoms with E-state index in [4.69, 9.17) is 0 Å². The Bertz CT molecular complexity index is 2570. The summed E-state index contributed by atoms with van der Waals surface area (Å²) in [5, 5.41) is 2.56. The zero-order valence-electron chi connectivity index (χ0n) is 32.3. The predicted molar refractivity (Wildman–Crippen MR) is 241 cm³/mol. The Labute approximate surface area is 335 Å². The molecule has 0 N–H and O–H groups in total. The van der Waals surface area contributed by atoms with Gasteiger partial charge in [-0.05, 0) is 145 Å². The molecule has 2 aliphatic carbocycles. The van der Waals surface area contributed by atoms with Crippen LogP contribution in [0.4, 0.5) is 34.1 Å². The van der Waals surface area contributed by atoms with E-state index in [1.165, 1.54) is 86.2 Å². The fourth-order valence-corrected chi connectivity index (χ4v) is 11.8. The molecule has 0 spiro atoms. The van der Waals surface area contributed by atoms with Gasteiger partial charge in [0.1, 0.15) is 0 Å². The van der Waals surface area contributed by atoms with Gasteiger partial charge in [-0.3, -0.25) is 0 Å². The monoisotopic (exact) mass is 744 g/mol. The van der Waals surface area contributed by atoms with Gasteiger partial charge in [-0.15, -0.1) is 11.3 Å². The summed E-state index contributed by atoms with van der Waals surface area (Å²) in [4.78, 5) is 4.85. The zero-order valence-corrected chi connectivity index (χ0v) is 33.1. The third-order valence-electron chi connectivity index (χ3n) is 12.6. The van der Waals surface area contributed by atoms with E-state index in [9.17, 15) is 0 Å². The van der Waals surface area contributed by atoms with Crippen molar-refractivity contribution in [3.05, 3.63) is 181 Å². The topological polar surface area (TPSA) is 6.48 Å². The summed E-state index contributed by atoms with van der Waals surface area (Å²) >= 11 is 1.88. The van der Waals surface area contributed by atoms with Crippen molar-refractivity contribution in [2.45, 2.75) is 51.4 Å². The maximum Gasteiger partial charge on any atom is 0.0640 e. The standard InChI is InChI=1S/C53H48N2S/c1-37-31-39-32-38(2)35-53(34-37,36-39)42-23-27-45(28-24-42)54(43-15-8-4-9-16-43)47-29-30-51-49(33-47)48-19-12-20-50(52(48)56-51)55(44-17-10-5-11-18-44)46-25-21-41(22-26-46)40-13-6-3-7-14-40/h3-30,33,37-39H,31-32,34-36H2,1-2H3. The number of rotatable bonds is 8. The van der Waals surface area contributed by atoms with Crippen molar-refractivity contribution in [1.82, 2.24) is 0 Å². The van der Waals surface area contributed by atoms with Crippen molar-refractivity contribution >= 4 is 65.6 Å². The number of hydrogen-bond acceptors (Lipinski definition) is 3. The van der Waals surface area contributed by atoms with Crippen molar-refractivity contribution in [2.24, 2.45) is 17.8 Å². The Morgan fingerprint density at radius 1 is 0.464 bits per heavy atom. The number of fused-ring (bicyclic) bond motifs is 5. The first kappa shape index (κ1) is 34.8. The van der Waals surface area contributed by atoms with Crippen LogP contribution in [-0.4, -0.2) is 0 Å². The Kier molecular flexibility index (Phi) is 8.99. The fourth-order valence-electron chi connectivity index (χ4n) is 10.6. The van der Waals surface area contributed by atoms with Gasteiger partial charge in [0.05, 0.1) is 10.4 Å². The Morgan fingerprint density at radius 3 is 1.66 bits per heavy atom. The summed E-state index contributed by atoms with van der Waals surface area (Å²) in [6.45, 7) is 4.97. The van der Waals surface area contributed by atoms with Crippen LogP contribution >= 0.6 is 11.3 Å². The third-order valence-corrected chi connectivity index (χ3v) is 13.8. The van der Waals surface area contributed by atoms with Gasteiger partial charge in [0.15, 0.2) is 0 Å². The molecule has 0 amide bonds. The van der Waals surface area contributed by atoms with Crippen LogP contribution < -0.4 is 9.80 Å². The van der Waals surface area contributed by atoms with Gasteiger partial charge < -0.3 is 9.80 Å². The molecule has 2 atom stereocenters. The minimum absolute atomic E-state index is 0.319. The summed E-state index contributed by atoms with van der Waals surface area (Å²) in [6.07, 6.45) is 6.80. The van der Waals surface area contributed by atoms with E-state index in [0.29, 0.717) is 5.41 Å². The minimum Gasteiger partial charge on any atom is -0.310 e. The van der Waals surface area contributed by atoms with Crippen LogP contribution in [0.25, 0.3) is 31.3 Å². The van der Waals surface area contributed by atoms with Crippen LogP contribution in [0.2, 0.25) is 0 Å². The molecule has 3 heteroatoms. The molecular formula is C53H48N2S. The van der Waals surface area contributed by atoms with Crippen LogP contribution in [0, 0.1) is 17.8 Å². The smallest absolute Gasteiger partial charge is 0.0640 e. The number of anilines is 6. The van der Waals surface area contributed by atoms with E-state index < -0.39 is 0 Å². The number of hydrogen-bond donors (Lipinski definition) is 0. The first-order valence-corrected chi connectivity index (χ1v) is 21.2. The average molecular weight is 745 g/mol. The lowest BCUT2D eigenvalue weighted by Crippen LogP contribution is -2.42. The Hall–Kier alpha value is -5.64. The quantitative estimate of drug-likeness (QED) is 0.153. The number of nitrogens with zero attached hydrogens (tertiary/aromatic N) is 2. The molecule has 2 fully saturated rings. The SMILES string of the molecule is CC1CC2CC(C)CC(c3ccc(N(c4ccccc4)c4ccc5sc6c(N(c7ccccc7)c7ccc(-c8ccccc8)cc7)cccc6c5c4)cc3)(C1)C2. The molecular weight excluding hydrogens is 697 g/mol. The van der Waals surface area contributed by atoms with Gasteiger partial charge in [-0.1, -0.05) is 117 Å². The van der Waals surface area contributed by atoms with Gasteiger partial charge >= 0.3 is 0 Å². The summed E-state index contributed by atoms with van der Waals surface area (Å²) in [7, 11) is 0. The van der Waals surface area contributed by atoms with Crippen LogP contribution in [0.5, 0.6) is 0 Å². The van der Waals surface area contributed by atoms with Gasteiger partial charge in [0.25, 0.3) is 0 Å². The summed E-state index contributed by atoms with van der Waals surface area (Å²) in [5.74, 6) is 2.47. The highest BCUT2D eigenvalue weighted by Crippen LogP contribution is 2.54. The van der Waals surface area contributed by atoms with E-state index in [1.54, 1.807) is 5.56 Å². The second kappa shape index (κ2) is 14.5. The van der Waals surface area contributed by atoms with E-state index >= 15 is 0 Å². The lowest BCUT2D eigenvalue weighted by molar-refractivity contribution is 0.0780. The van der Waals surface area contributed by atoms with E-state index in [2.05, 4.69) is 200 Å². The molecule has 2 saturated carbocycles. The molecule has 2 unspecified atom stereocenters. The van der Waals surface area contributed by atoms with Crippen LogP contribution in [0.3, 0.4) is 0 Å². The molecule has 276 valence electrons. The molecule has 2 aliphatic rings. The average Bonchev–Trinajstić information content (AvgIpc) is 3.61. The highest BCUT2D eigenvalue weighted by Gasteiger charge is 2.45. The maximum atomic E-state index is 2.48. The van der Waals surface area contributed by atoms with Gasteiger partial charge in [-0.25, -0.2) is 0 Å². The summed E-state index contributed by atoms with van der Waals surface area (Å²) in [6, 6.07) is 64.8. The van der Waals surface area contributed by atoms with Crippen LogP contribution in [-0.2, 0) is 5.41 Å². The molecule has 2 nitrogen and oxygen atoms in total. The fraction of sp³-hybridized carbons (Fsp3) is 0.208. The van der Waals surface area contributed by atoms with E-state index in [0.717, 1.165) is 29.1 Å². The lowest BCUT2D eigenvalue weighted by Gasteiger charge is -2.50. The Balaban J connectivity index is 1.06. The lowest BCUT2D eigenvalue weighted by atomic mass is 9.54. The van der Waals surface area contributed by atoms with Crippen molar-refractivity contribution in [3.8, 4) is 11.1 Å². The molecule has 56 heavy (non-hydrogen) atoms. The first-order valence-electron chi connectivity index (χ1n) is 20.4. The first-order chi connectivity index (χ1) is 27.5. The largest absolute Gasteiger partial charge is 0.310 e. The number of para-hydroxylation sites is 2. The van der Waals surface area contributed by atoms with Gasteiger partial charge in [0, 0.05) is 43.9 Å². The highest BCUT2D eigenvalue weighted by molar-refractivity contribution is 7.26. The normalized spacial score (nSPS) is 20.6. The predicted octanol–water partition coefficient (Wildman–Crippen LogP) is 15.8. The Morgan fingerprint density at radius 2 is 1.00 bits per heavy atom. The van der Waals surface area contributed by atoms with Crippen molar-refractivity contribution in [3.63, 3.8) is 0 Å². The van der Waals surface area contributed by atoms with Crippen LogP contribution in [0.1, 0.15) is 51.5 Å². The second-order valence-electron chi connectivity index (χ2n) is 16.7. The zero-order chi connectivity index (χ0) is 37.6. The second-order valence-corrected chi connectivity index (χ2v) is 17.7. The van der Waals surface area contributed by atoms with Gasteiger partial charge in [-0.2, -0.15) is 0 Å². The van der Waals surface area contributed by atoms with Gasteiger partial charge in [0.2, 0.25) is 0 Å². The number of thiophene rings is 1. The molecule has 2 bridgehead atoms. The molecule has 0 saturated heterocycles.